The molecule has 0 unspecified atom stereocenters. The molecule has 0 bridgehead atoms. The smallest absolute Gasteiger partial charge is 0.256 e. The van der Waals surface area contributed by atoms with Gasteiger partial charge < -0.3 is 15.2 Å². The molecule has 4 heteroatoms. The molecule has 1 amide bonds. The summed E-state index contributed by atoms with van der Waals surface area (Å²) in [5.41, 5.74) is 4.05. The number of carbonyl (C=O) groups excluding carboxylic acids is 1. The van der Waals surface area contributed by atoms with Gasteiger partial charge in [-0.1, -0.05) is 12.1 Å². The fourth-order valence-electron chi connectivity index (χ4n) is 2.75. The Balaban J connectivity index is 2.03. The van der Waals surface area contributed by atoms with Crippen LogP contribution in [0.25, 0.3) is 10.9 Å². The Morgan fingerprint density at radius 1 is 1.21 bits per heavy atom. The first-order chi connectivity index (χ1) is 9.16. The molecule has 2 N–H and O–H groups in total. The van der Waals surface area contributed by atoms with Gasteiger partial charge >= 0.3 is 0 Å². The first kappa shape index (κ1) is 12.2. The third kappa shape index (κ3) is 2.12. The SMILES string of the molecule is Cc1ccc2c(C(=O)N3CCNCC3)c(C)[nH]c2c1. The molecule has 0 radical (unpaired) electrons. The molecule has 1 aromatic carbocycles. The quantitative estimate of drug-likeness (QED) is 0.819. The van der Waals surface area contributed by atoms with Crippen LogP contribution in [0.15, 0.2) is 18.2 Å². The van der Waals surface area contributed by atoms with E-state index in [0.717, 1.165) is 48.3 Å². The monoisotopic (exact) mass is 257 g/mol. The van der Waals surface area contributed by atoms with E-state index < -0.39 is 0 Å². The van der Waals surface area contributed by atoms with Crippen molar-refractivity contribution < 1.29 is 4.79 Å². The van der Waals surface area contributed by atoms with Crippen molar-refractivity contribution in [2.75, 3.05) is 26.2 Å². The maximum absolute atomic E-state index is 12.7. The van der Waals surface area contributed by atoms with Gasteiger partial charge in [-0.25, -0.2) is 0 Å². The molecule has 1 aromatic heterocycles. The number of aromatic nitrogens is 1. The van der Waals surface area contributed by atoms with E-state index in [1.807, 2.05) is 17.9 Å². The number of rotatable bonds is 1. The van der Waals surface area contributed by atoms with Crippen LogP contribution in [0.4, 0.5) is 0 Å². The maximum Gasteiger partial charge on any atom is 0.256 e. The van der Waals surface area contributed by atoms with Gasteiger partial charge in [0.05, 0.1) is 5.56 Å². The van der Waals surface area contributed by atoms with Crippen LogP contribution in [-0.2, 0) is 0 Å². The van der Waals surface area contributed by atoms with Crippen molar-refractivity contribution >= 4 is 16.8 Å². The van der Waals surface area contributed by atoms with Gasteiger partial charge in [0, 0.05) is 42.8 Å². The van der Waals surface area contributed by atoms with Gasteiger partial charge in [-0.05, 0) is 25.5 Å². The Bertz CT molecular complexity index is 624. The highest BCUT2D eigenvalue weighted by Crippen LogP contribution is 2.24. The van der Waals surface area contributed by atoms with Crippen LogP contribution in [0, 0.1) is 13.8 Å². The van der Waals surface area contributed by atoms with Crippen molar-refractivity contribution in [1.82, 2.24) is 15.2 Å². The molecular weight excluding hydrogens is 238 g/mol. The summed E-state index contributed by atoms with van der Waals surface area (Å²) >= 11 is 0. The van der Waals surface area contributed by atoms with Crippen molar-refractivity contribution in [1.29, 1.82) is 0 Å². The fourth-order valence-corrected chi connectivity index (χ4v) is 2.75. The highest BCUT2D eigenvalue weighted by atomic mass is 16.2. The third-order valence-corrected chi connectivity index (χ3v) is 3.76. The molecule has 3 rings (SSSR count). The number of carbonyl (C=O) groups is 1. The Morgan fingerprint density at radius 3 is 2.68 bits per heavy atom. The van der Waals surface area contributed by atoms with Crippen LogP contribution in [0.3, 0.4) is 0 Å². The Hall–Kier alpha value is -1.81. The summed E-state index contributed by atoms with van der Waals surface area (Å²) in [6.45, 7) is 7.38. The van der Waals surface area contributed by atoms with Crippen molar-refractivity contribution in [2.24, 2.45) is 0 Å². The molecule has 2 aromatic rings. The number of nitrogens with zero attached hydrogens (tertiary/aromatic N) is 1. The molecule has 0 spiro atoms. The third-order valence-electron chi connectivity index (χ3n) is 3.76. The lowest BCUT2D eigenvalue weighted by atomic mass is 10.1. The second-order valence-corrected chi connectivity index (χ2v) is 5.22. The van der Waals surface area contributed by atoms with Crippen LogP contribution in [0.1, 0.15) is 21.6 Å². The molecule has 1 aliphatic rings. The molecule has 100 valence electrons. The molecule has 1 fully saturated rings. The first-order valence-corrected chi connectivity index (χ1v) is 6.76. The zero-order chi connectivity index (χ0) is 13.4. The van der Waals surface area contributed by atoms with Gasteiger partial charge in [-0.2, -0.15) is 0 Å². The van der Waals surface area contributed by atoms with Crippen LogP contribution < -0.4 is 5.32 Å². The average Bonchev–Trinajstić information content (AvgIpc) is 2.74. The molecule has 1 saturated heterocycles. The van der Waals surface area contributed by atoms with Gasteiger partial charge in [0.25, 0.3) is 5.91 Å². The molecule has 0 saturated carbocycles. The summed E-state index contributed by atoms with van der Waals surface area (Å²) in [5, 5.41) is 4.31. The summed E-state index contributed by atoms with van der Waals surface area (Å²) in [4.78, 5) is 17.9. The molecule has 1 aliphatic heterocycles. The summed E-state index contributed by atoms with van der Waals surface area (Å²) in [7, 11) is 0. The lowest BCUT2D eigenvalue weighted by molar-refractivity contribution is 0.0737. The van der Waals surface area contributed by atoms with Gasteiger partial charge in [0.15, 0.2) is 0 Å². The Kier molecular flexibility index (Phi) is 3.03. The predicted molar refractivity (Wildman–Crippen MR) is 76.5 cm³/mol. The number of aryl methyl sites for hydroxylation is 2. The molecule has 2 heterocycles. The van der Waals surface area contributed by atoms with Crippen molar-refractivity contribution in [3.8, 4) is 0 Å². The second-order valence-electron chi connectivity index (χ2n) is 5.22. The van der Waals surface area contributed by atoms with E-state index in [2.05, 4.69) is 29.4 Å². The standard InChI is InChI=1S/C15H19N3O/c1-10-3-4-12-13(9-10)17-11(2)14(12)15(19)18-7-5-16-6-8-18/h3-4,9,16-17H,5-8H2,1-2H3. The number of hydrogen-bond acceptors (Lipinski definition) is 2. The lowest BCUT2D eigenvalue weighted by Gasteiger charge is -2.27. The summed E-state index contributed by atoms with van der Waals surface area (Å²) in [5.74, 6) is 0.147. The largest absolute Gasteiger partial charge is 0.358 e. The minimum Gasteiger partial charge on any atom is -0.358 e. The van der Waals surface area contributed by atoms with E-state index in [1.165, 1.54) is 5.56 Å². The zero-order valence-electron chi connectivity index (χ0n) is 11.4. The summed E-state index contributed by atoms with van der Waals surface area (Å²) < 4.78 is 0. The first-order valence-electron chi connectivity index (χ1n) is 6.76. The topological polar surface area (TPSA) is 48.1 Å². The van der Waals surface area contributed by atoms with E-state index >= 15 is 0 Å². The number of amides is 1. The molecule has 19 heavy (non-hydrogen) atoms. The van der Waals surface area contributed by atoms with E-state index in [0.29, 0.717) is 0 Å². The van der Waals surface area contributed by atoms with E-state index in [1.54, 1.807) is 0 Å². The molecular formula is C15H19N3O. The molecule has 0 aliphatic carbocycles. The van der Waals surface area contributed by atoms with Gasteiger partial charge in [-0.15, -0.1) is 0 Å². The van der Waals surface area contributed by atoms with Crippen LogP contribution in [-0.4, -0.2) is 42.0 Å². The van der Waals surface area contributed by atoms with Crippen molar-refractivity contribution in [3.05, 3.63) is 35.0 Å². The fraction of sp³-hybridized carbons (Fsp3) is 0.400. The number of hydrogen-bond donors (Lipinski definition) is 2. The normalized spacial score (nSPS) is 16.0. The maximum atomic E-state index is 12.7. The summed E-state index contributed by atoms with van der Waals surface area (Å²) in [6, 6.07) is 6.20. The van der Waals surface area contributed by atoms with Crippen LogP contribution in [0.5, 0.6) is 0 Å². The summed E-state index contributed by atoms with van der Waals surface area (Å²) in [6.07, 6.45) is 0. The number of benzene rings is 1. The second kappa shape index (κ2) is 4.70. The van der Waals surface area contributed by atoms with Crippen LogP contribution in [0.2, 0.25) is 0 Å². The minimum atomic E-state index is 0.147. The number of H-pyrrole nitrogens is 1. The predicted octanol–water partition coefficient (Wildman–Crippen LogP) is 1.83. The van der Waals surface area contributed by atoms with Gasteiger partial charge in [0.2, 0.25) is 0 Å². The Labute approximate surface area is 112 Å². The van der Waals surface area contributed by atoms with E-state index in [4.69, 9.17) is 0 Å². The average molecular weight is 257 g/mol. The number of aromatic amines is 1. The lowest BCUT2D eigenvalue weighted by Crippen LogP contribution is -2.46. The van der Waals surface area contributed by atoms with Crippen LogP contribution >= 0.6 is 0 Å². The number of nitrogens with one attached hydrogen (secondary N) is 2. The van der Waals surface area contributed by atoms with Crippen molar-refractivity contribution in [3.63, 3.8) is 0 Å². The number of piperazine rings is 1. The van der Waals surface area contributed by atoms with E-state index in [9.17, 15) is 4.79 Å². The highest BCUT2D eigenvalue weighted by Gasteiger charge is 2.22. The Morgan fingerprint density at radius 2 is 1.95 bits per heavy atom. The number of fused-ring (bicyclic) bond motifs is 1. The van der Waals surface area contributed by atoms with E-state index in [-0.39, 0.29) is 5.91 Å². The van der Waals surface area contributed by atoms with Crippen molar-refractivity contribution in [2.45, 2.75) is 13.8 Å². The minimum absolute atomic E-state index is 0.147. The van der Waals surface area contributed by atoms with Gasteiger partial charge in [-0.3, -0.25) is 4.79 Å². The zero-order valence-corrected chi connectivity index (χ0v) is 11.4. The van der Waals surface area contributed by atoms with Gasteiger partial charge in [0.1, 0.15) is 0 Å². The highest BCUT2D eigenvalue weighted by molar-refractivity contribution is 6.08. The molecule has 0 atom stereocenters. The molecule has 4 nitrogen and oxygen atoms in total.